The lowest BCUT2D eigenvalue weighted by Gasteiger charge is -2.26. The van der Waals surface area contributed by atoms with Crippen molar-refractivity contribution in [1.82, 2.24) is 4.90 Å². The maximum atomic E-state index is 12.3. The minimum absolute atomic E-state index is 0.278. The summed E-state index contributed by atoms with van der Waals surface area (Å²) in [6.45, 7) is 0.455. The minimum Gasteiger partial charge on any atom is -0.479 e. The van der Waals surface area contributed by atoms with Gasteiger partial charge in [0.05, 0.1) is 6.04 Å². The molecule has 1 aliphatic rings. The summed E-state index contributed by atoms with van der Waals surface area (Å²) < 4.78 is 0. The van der Waals surface area contributed by atoms with Crippen molar-refractivity contribution in [3.8, 4) is 0 Å². The molecule has 1 aliphatic heterocycles. The first-order valence-electron chi connectivity index (χ1n) is 5.98. The number of carboxylic acid groups (broad SMARTS) is 1. The van der Waals surface area contributed by atoms with Crippen LogP contribution in [0.25, 0.3) is 0 Å². The molecule has 1 saturated heterocycles. The minimum atomic E-state index is -1.54. The Bertz CT molecular complexity index is 488. The molecule has 5 nitrogen and oxygen atoms in total. The maximum Gasteiger partial charge on any atom is 0.334 e. The third-order valence-electron chi connectivity index (χ3n) is 3.27. The Kier molecular flexibility index (Phi) is 4.07. The fourth-order valence-electron chi connectivity index (χ4n) is 2.30. The molecule has 6 heteroatoms. The van der Waals surface area contributed by atoms with Gasteiger partial charge in [-0.1, -0.05) is 11.6 Å². The Hall–Kier alpha value is -1.59. The highest BCUT2D eigenvalue weighted by molar-refractivity contribution is 6.30. The normalized spacial score (nSPS) is 20.3. The Labute approximate surface area is 115 Å². The van der Waals surface area contributed by atoms with Crippen molar-refractivity contribution in [2.45, 2.75) is 25.0 Å². The van der Waals surface area contributed by atoms with E-state index in [0.29, 0.717) is 30.0 Å². The molecular weight excluding hydrogens is 270 g/mol. The van der Waals surface area contributed by atoms with Crippen molar-refractivity contribution < 1.29 is 19.8 Å². The fourth-order valence-corrected chi connectivity index (χ4v) is 2.42. The third kappa shape index (κ3) is 2.88. The average molecular weight is 284 g/mol. The SMILES string of the molecule is O=C(O)C(O)C1CCCN1C(=O)c1ccc(Cl)cc1. The van der Waals surface area contributed by atoms with Gasteiger partial charge in [-0.3, -0.25) is 4.79 Å². The van der Waals surface area contributed by atoms with Gasteiger partial charge in [-0.15, -0.1) is 0 Å². The molecule has 0 saturated carbocycles. The molecule has 102 valence electrons. The number of amides is 1. The van der Waals surface area contributed by atoms with E-state index in [1.54, 1.807) is 24.3 Å². The van der Waals surface area contributed by atoms with Gasteiger partial charge in [-0.25, -0.2) is 4.79 Å². The quantitative estimate of drug-likeness (QED) is 0.879. The Morgan fingerprint density at radius 1 is 1.32 bits per heavy atom. The number of benzene rings is 1. The Morgan fingerprint density at radius 3 is 2.53 bits per heavy atom. The first-order chi connectivity index (χ1) is 9.00. The molecule has 19 heavy (non-hydrogen) atoms. The number of likely N-dealkylation sites (tertiary alicyclic amines) is 1. The van der Waals surface area contributed by atoms with E-state index in [0.717, 1.165) is 0 Å². The highest BCUT2D eigenvalue weighted by Crippen LogP contribution is 2.23. The maximum absolute atomic E-state index is 12.3. The van der Waals surface area contributed by atoms with Gasteiger partial charge in [0.2, 0.25) is 0 Å². The topological polar surface area (TPSA) is 77.8 Å². The lowest BCUT2D eigenvalue weighted by Crippen LogP contribution is -2.46. The van der Waals surface area contributed by atoms with Crippen molar-refractivity contribution in [3.05, 3.63) is 34.9 Å². The molecule has 0 aliphatic carbocycles. The molecule has 2 unspecified atom stereocenters. The molecule has 1 fully saturated rings. The number of carbonyl (C=O) groups excluding carboxylic acids is 1. The third-order valence-corrected chi connectivity index (χ3v) is 3.52. The molecule has 1 aromatic rings. The molecule has 0 bridgehead atoms. The number of halogens is 1. The van der Waals surface area contributed by atoms with Gasteiger partial charge < -0.3 is 15.1 Å². The van der Waals surface area contributed by atoms with E-state index < -0.39 is 18.1 Å². The van der Waals surface area contributed by atoms with Crippen molar-refractivity contribution in [2.75, 3.05) is 6.54 Å². The monoisotopic (exact) mass is 283 g/mol. The van der Waals surface area contributed by atoms with E-state index in [2.05, 4.69) is 0 Å². The summed E-state index contributed by atoms with van der Waals surface area (Å²) in [4.78, 5) is 24.5. The van der Waals surface area contributed by atoms with Crippen LogP contribution < -0.4 is 0 Å². The zero-order chi connectivity index (χ0) is 14.0. The molecule has 2 rings (SSSR count). The molecule has 1 heterocycles. The number of hydrogen-bond acceptors (Lipinski definition) is 3. The standard InChI is InChI=1S/C13H14ClNO4/c14-9-5-3-8(4-6-9)12(17)15-7-1-2-10(15)11(16)13(18)19/h3-6,10-11,16H,1-2,7H2,(H,18,19). The number of carbonyl (C=O) groups is 2. The van der Waals surface area contributed by atoms with Gasteiger partial charge in [0.15, 0.2) is 6.10 Å². The number of carboxylic acids is 1. The highest BCUT2D eigenvalue weighted by Gasteiger charge is 2.37. The zero-order valence-corrected chi connectivity index (χ0v) is 10.9. The van der Waals surface area contributed by atoms with Gasteiger partial charge in [0.25, 0.3) is 5.91 Å². The molecule has 1 amide bonds. The molecule has 0 spiro atoms. The van der Waals surface area contributed by atoms with Gasteiger partial charge >= 0.3 is 5.97 Å². The molecule has 1 aromatic carbocycles. The van der Waals surface area contributed by atoms with E-state index in [9.17, 15) is 14.7 Å². The lowest BCUT2D eigenvalue weighted by atomic mass is 10.1. The molecule has 2 atom stereocenters. The van der Waals surface area contributed by atoms with Crippen LogP contribution in [0.15, 0.2) is 24.3 Å². The number of nitrogens with zero attached hydrogens (tertiary/aromatic N) is 1. The van der Waals surface area contributed by atoms with Crippen molar-refractivity contribution in [2.24, 2.45) is 0 Å². The fraction of sp³-hybridized carbons (Fsp3) is 0.385. The van der Waals surface area contributed by atoms with Crippen LogP contribution in [-0.2, 0) is 4.79 Å². The summed E-state index contributed by atoms with van der Waals surface area (Å²) in [6, 6.07) is 5.72. The number of aliphatic hydroxyl groups is 1. The van der Waals surface area contributed by atoms with Crippen LogP contribution in [0.3, 0.4) is 0 Å². The first-order valence-corrected chi connectivity index (χ1v) is 6.36. The lowest BCUT2D eigenvalue weighted by molar-refractivity contribution is -0.149. The zero-order valence-electron chi connectivity index (χ0n) is 10.1. The van der Waals surface area contributed by atoms with Gasteiger partial charge in [-0.2, -0.15) is 0 Å². The second kappa shape index (κ2) is 5.59. The summed E-state index contributed by atoms with van der Waals surface area (Å²) >= 11 is 5.75. The van der Waals surface area contributed by atoms with Crippen LogP contribution in [0.1, 0.15) is 23.2 Å². The van der Waals surface area contributed by atoms with Crippen LogP contribution in [0.5, 0.6) is 0 Å². The number of rotatable bonds is 3. The van der Waals surface area contributed by atoms with E-state index in [-0.39, 0.29) is 5.91 Å². The molecule has 0 radical (unpaired) electrons. The van der Waals surface area contributed by atoms with Crippen LogP contribution in [0.2, 0.25) is 5.02 Å². The predicted octanol–water partition coefficient (Wildman–Crippen LogP) is 1.39. The van der Waals surface area contributed by atoms with Crippen molar-refractivity contribution >= 4 is 23.5 Å². The van der Waals surface area contributed by atoms with E-state index in [4.69, 9.17) is 16.7 Å². The number of hydrogen-bond donors (Lipinski definition) is 2. The van der Waals surface area contributed by atoms with Gasteiger partial charge in [0.1, 0.15) is 0 Å². The van der Waals surface area contributed by atoms with Crippen LogP contribution in [0, 0.1) is 0 Å². The summed E-state index contributed by atoms with van der Waals surface area (Å²) in [5.41, 5.74) is 0.439. The van der Waals surface area contributed by atoms with Crippen molar-refractivity contribution in [1.29, 1.82) is 0 Å². The predicted molar refractivity (Wildman–Crippen MR) is 69.2 cm³/mol. The highest BCUT2D eigenvalue weighted by atomic mass is 35.5. The summed E-state index contributed by atoms with van der Waals surface area (Å²) in [5.74, 6) is -1.58. The second-order valence-corrected chi connectivity index (χ2v) is 4.93. The first kappa shape index (κ1) is 13.8. The second-order valence-electron chi connectivity index (χ2n) is 4.50. The Balaban J connectivity index is 2.18. The van der Waals surface area contributed by atoms with Crippen LogP contribution in [-0.4, -0.2) is 45.7 Å². The summed E-state index contributed by atoms with van der Waals surface area (Å²) in [6.07, 6.45) is -0.361. The van der Waals surface area contributed by atoms with E-state index in [1.807, 2.05) is 0 Å². The Morgan fingerprint density at radius 2 is 1.95 bits per heavy atom. The largest absolute Gasteiger partial charge is 0.479 e. The van der Waals surface area contributed by atoms with Gasteiger partial charge in [0, 0.05) is 17.1 Å². The van der Waals surface area contributed by atoms with Crippen molar-refractivity contribution in [3.63, 3.8) is 0 Å². The summed E-state index contributed by atoms with van der Waals surface area (Å²) in [5, 5.41) is 19.0. The van der Waals surface area contributed by atoms with Crippen LogP contribution in [0.4, 0.5) is 0 Å². The van der Waals surface area contributed by atoms with E-state index in [1.165, 1.54) is 4.90 Å². The van der Waals surface area contributed by atoms with E-state index >= 15 is 0 Å². The molecular formula is C13H14ClNO4. The van der Waals surface area contributed by atoms with Gasteiger partial charge in [-0.05, 0) is 37.1 Å². The van der Waals surface area contributed by atoms with Crippen LogP contribution >= 0.6 is 11.6 Å². The average Bonchev–Trinajstić information content (AvgIpc) is 2.86. The molecule has 0 aromatic heterocycles. The molecule has 2 N–H and O–H groups in total. The summed E-state index contributed by atoms with van der Waals surface area (Å²) in [7, 11) is 0. The smallest absolute Gasteiger partial charge is 0.334 e. The number of aliphatic hydroxyl groups excluding tert-OH is 1. The number of aliphatic carboxylic acids is 1.